The van der Waals surface area contributed by atoms with E-state index in [-0.39, 0.29) is 11.8 Å². The maximum Gasteiger partial charge on any atom is 0.165 e. The molecule has 0 saturated heterocycles. The molecule has 1 aliphatic rings. The van der Waals surface area contributed by atoms with E-state index in [9.17, 15) is 4.79 Å². The fourth-order valence-electron chi connectivity index (χ4n) is 1.81. The Hall–Kier alpha value is -1.15. The fraction of sp³-hybridized carbons (Fsp3) is 0.364. The van der Waals surface area contributed by atoms with Gasteiger partial charge >= 0.3 is 0 Å². The predicted octanol–water partition coefficient (Wildman–Crippen LogP) is 1.84. The number of benzene rings is 1. The molecule has 0 radical (unpaired) electrons. The van der Waals surface area contributed by atoms with Gasteiger partial charge in [-0.05, 0) is 23.6 Å². The van der Waals surface area contributed by atoms with E-state index in [1.165, 1.54) is 5.56 Å². The lowest BCUT2D eigenvalue weighted by Crippen LogP contribution is -2.05. The first-order valence-corrected chi connectivity index (χ1v) is 4.64. The van der Waals surface area contributed by atoms with Crippen molar-refractivity contribution in [3.05, 3.63) is 34.9 Å². The third-order valence-electron chi connectivity index (χ3n) is 2.63. The van der Waals surface area contributed by atoms with Crippen molar-refractivity contribution in [1.82, 2.24) is 0 Å². The Kier molecular flexibility index (Phi) is 1.93. The number of carbonyl (C=O) groups excluding carboxylic acids is 1. The lowest BCUT2D eigenvalue weighted by Gasteiger charge is -2.04. The second kappa shape index (κ2) is 2.96. The number of hydrogen-bond donors (Lipinski definition) is 1. The lowest BCUT2D eigenvalue weighted by molar-refractivity contribution is 0.0989. The van der Waals surface area contributed by atoms with Crippen molar-refractivity contribution in [2.24, 2.45) is 5.73 Å². The fourth-order valence-corrected chi connectivity index (χ4v) is 1.81. The molecule has 2 rings (SSSR count). The summed E-state index contributed by atoms with van der Waals surface area (Å²) in [6.45, 7) is 2.08. The third kappa shape index (κ3) is 1.27. The summed E-state index contributed by atoms with van der Waals surface area (Å²) in [4.78, 5) is 11.5. The molecule has 0 fully saturated rings. The molecule has 2 nitrogen and oxygen atoms in total. The number of nitrogens with two attached hydrogens (primary N) is 1. The molecule has 0 aliphatic heterocycles. The van der Waals surface area contributed by atoms with Gasteiger partial charge in [0, 0.05) is 18.0 Å². The second-order valence-electron chi connectivity index (χ2n) is 3.51. The molecular formula is C11H13NO. The molecule has 0 bridgehead atoms. The quantitative estimate of drug-likeness (QED) is 0.707. The van der Waals surface area contributed by atoms with Crippen LogP contribution in [0.15, 0.2) is 18.2 Å². The van der Waals surface area contributed by atoms with Crippen LogP contribution in [0.3, 0.4) is 0 Å². The molecule has 2 heteroatoms. The van der Waals surface area contributed by atoms with Crippen molar-refractivity contribution < 1.29 is 4.79 Å². The molecule has 0 aromatic heterocycles. The van der Waals surface area contributed by atoms with Gasteiger partial charge in [0.25, 0.3) is 0 Å². The van der Waals surface area contributed by atoms with Gasteiger partial charge in [0.05, 0.1) is 0 Å². The predicted molar refractivity (Wildman–Crippen MR) is 51.7 cm³/mol. The zero-order valence-corrected chi connectivity index (χ0v) is 7.71. The van der Waals surface area contributed by atoms with Gasteiger partial charge in [-0.2, -0.15) is 0 Å². The van der Waals surface area contributed by atoms with Gasteiger partial charge in [0.1, 0.15) is 0 Å². The zero-order chi connectivity index (χ0) is 9.42. The maximum atomic E-state index is 11.5. The Balaban J connectivity index is 2.52. The van der Waals surface area contributed by atoms with Crippen LogP contribution in [-0.2, 0) is 6.42 Å². The summed E-state index contributed by atoms with van der Waals surface area (Å²) >= 11 is 0. The van der Waals surface area contributed by atoms with Gasteiger partial charge in [-0.25, -0.2) is 0 Å². The highest BCUT2D eigenvalue weighted by molar-refractivity contribution is 6.01. The lowest BCUT2D eigenvalue weighted by atomic mass is 10.0. The summed E-state index contributed by atoms with van der Waals surface area (Å²) in [5.74, 6) is 0.192. The number of hydrogen-bond acceptors (Lipinski definition) is 2. The first-order chi connectivity index (χ1) is 6.22. The minimum absolute atomic E-state index is 0.0755. The van der Waals surface area contributed by atoms with Crippen molar-refractivity contribution in [2.75, 3.05) is 0 Å². The van der Waals surface area contributed by atoms with E-state index < -0.39 is 0 Å². The summed E-state index contributed by atoms with van der Waals surface area (Å²) in [6.07, 6.45) is 1.44. The van der Waals surface area contributed by atoms with Crippen LogP contribution in [0.25, 0.3) is 0 Å². The first kappa shape index (κ1) is 8.45. The van der Waals surface area contributed by atoms with Crippen LogP contribution < -0.4 is 5.73 Å². The van der Waals surface area contributed by atoms with E-state index in [0.717, 1.165) is 17.5 Å². The summed E-state index contributed by atoms with van der Waals surface area (Å²) in [7, 11) is 0. The SMILES string of the molecule is CCc1ccc2c(c1)C(=O)C[C@H]2N. The van der Waals surface area contributed by atoms with E-state index in [0.29, 0.717) is 6.42 Å². The third-order valence-corrected chi connectivity index (χ3v) is 2.63. The van der Waals surface area contributed by atoms with Crippen molar-refractivity contribution in [1.29, 1.82) is 0 Å². The highest BCUT2D eigenvalue weighted by atomic mass is 16.1. The molecule has 68 valence electrons. The highest BCUT2D eigenvalue weighted by Gasteiger charge is 2.26. The van der Waals surface area contributed by atoms with Gasteiger partial charge in [-0.1, -0.05) is 19.1 Å². The van der Waals surface area contributed by atoms with Gasteiger partial charge in [0.2, 0.25) is 0 Å². The Bertz CT molecular complexity index is 357. The van der Waals surface area contributed by atoms with E-state index in [1.807, 2.05) is 12.1 Å². The number of rotatable bonds is 1. The summed E-state index contributed by atoms with van der Waals surface area (Å²) in [6, 6.07) is 5.94. The van der Waals surface area contributed by atoms with Crippen LogP contribution in [0, 0.1) is 0 Å². The van der Waals surface area contributed by atoms with Crippen LogP contribution in [0.5, 0.6) is 0 Å². The van der Waals surface area contributed by atoms with E-state index in [4.69, 9.17) is 5.73 Å². The molecule has 1 aromatic carbocycles. The smallest absolute Gasteiger partial charge is 0.165 e. The zero-order valence-electron chi connectivity index (χ0n) is 7.71. The summed E-state index contributed by atoms with van der Waals surface area (Å²) in [5, 5.41) is 0. The highest BCUT2D eigenvalue weighted by Crippen LogP contribution is 2.29. The summed E-state index contributed by atoms with van der Waals surface area (Å²) < 4.78 is 0. The topological polar surface area (TPSA) is 43.1 Å². The minimum atomic E-state index is -0.0755. The Labute approximate surface area is 77.8 Å². The van der Waals surface area contributed by atoms with E-state index in [2.05, 4.69) is 13.0 Å². The van der Waals surface area contributed by atoms with E-state index >= 15 is 0 Å². The molecule has 0 amide bonds. The van der Waals surface area contributed by atoms with Crippen molar-refractivity contribution in [3.63, 3.8) is 0 Å². The number of aryl methyl sites for hydroxylation is 1. The van der Waals surface area contributed by atoms with Crippen LogP contribution in [0.1, 0.15) is 40.9 Å². The summed E-state index contributed by atoms with van der Waals surface area (Å²) in [5.41, 5.74) is 8.87. The number of carbonyl (C=O) groups is 1. The molecule has 0 saturated carbocycles. The largest absolute Gasteiger partial charge is 0.324 e. The van der Waals surface area contributed by atoms with Crippen LogP contribution >= 0.6 is 0 Å². The molecule has 0 unspecified atom stereocenters. The Morgan fingerprint density at radius 1 is 1.54 bits per heavy atom. The van der Waals surface area contributed by atoms with E-state index in [1.54, 1.807) is 0 Å². The molecule has 2 N–H and O–H groups in total. The molecule has 1 aliphatic carbocycles. The molecule has 1 aromatic rings. The second-order valence-corrected chi connectivity index (χ2v) is 3.51. The van der Waals surface area contributed by atoms with Crippen molar-refractivity contribution in [2.45, 2.75) is 25.8 Å². The van der Waals surface area contributed by atoms with Gasteiger partial charge in [-0.3, -0.25) is 4.79 Å². The van der Waals surface area contributed by atoms with Crippen molar-refractivity contribution in [3.8, 4) is 0 Å². The molecule has 0 spiro atoms. The molecule has 1 atom stereocenters. The van der Waals surface area contributed by atoms with Gasteiger partial charge in [-0.15, -0.1) is 0 Å². The Morgan fingerprint density at radius 2 is 2.31 bits per heavy atom. The maximum absolute atomic E-state index is 11.5. The average molecular weight is 175 g/mol. The molecular weight excluding hydrogens is 162 g/mol. The van der Waals surface area contributed by atoms with Gasteiger partial charge in [0.15, 0.2) is 5.78 Å². The van der Waals surface area contributed by atoms with Crippen LogP contribution in [0.2, 0.25) is 0 Å². The van der Waals surface area contributed by atoms with Crippen molar-refractivity contribution >= 4 is 5.78 Å². The monoisotopic (exact) mass is 175 g/mol. The first-order valence-electron chi connectivity index (χ1n) is 4.64. The average Bonchev–Trinajstić information content (AvgIpc) is 2.42. The number of ketones is 1. The van der Waals surface area contributed by atoms with Crippen LogP contribution in [-0.4, -0.2) is 5.78 Å². The minimum Gasteiger partial charge on any atom is -0.324 e. The Morgan fingerprint density at radius 3 is 3.00 bits per heavy atom. The molecule has 0 heterocycles. The number of Topliss-reactive ketones (excluding diaryl/α,β-unsaturated/α-hetero) is 1. The standard InChI is InChI=1S/C11H13NO/c1-2-7-3-4-8-9(5-7)11(13)6-10(8)12/h3-5,10H,2,6,12H2,1H3/t10-/m1/s1. The van der Waals surface area contributed by atoms with Crippen LogP contribution in [0.4, 0.5) is 0 Å². The van der Waals surface area contributed by atoms with Gasteiger partial charge < -0.3 is 5.73 Å². The number of fused-ring (bicyclic) bond motifs is 1. The molecule has 13 heavy (non-hydrogen) atoms. The normalized spacial score (nSPS) is 20.5.